The molecule has 1 amide bonds. The highest BCUT2D eigenvalue weighted by atomic mass is 32.2. The normalized spacial score (nSPS) is 10.6. The van der Waals surface area contributed by atoms with Crippen LogP contribution in [-0.4, -0.2) is 35.0 Å². The van der Waals surface area contributed by atoms with Gasteiger partial charge in [-0.25, -0.2) is 4.98 Å². The van der Waals surface area contributed by atoms with Crippen LogP contribution in [0.15, 0.2) is 52.9 Å². The SMILES string of the molecule is CCC(=O)Nc1ccc(C(=O)COC(=O)CSc2nc3ccccc3s2)cc1. The lowest BCUT2D eigenvalue weighted by Crippen LogP contribution is -2.15. The number of carbonyl (C=O) groups is 3. The van der Waals surface area contributed by atoms with Gasteiger partial charge >= 0.3 is 5.97 Å². The first-order valence-corrected chi connectivity index (χ1v) is 10.4. The van der Waals surface area contributed by atoms with E-state index in [1.165, 1.54) is 23.1 Å². The van der Waals surface area contributed by atoms with Gasteiger partial charge in [0.05, 0.1) is 16.0 Å². The molecule has 0 saturated carbocycles. The highest BCUT2D eigenvalue weighted by molar-refractivity contribution is 8.01. The topological polar surface area (TPSA) is 85.4 Å². The second-order valence-electron chi connectivity index (χ2n) is 5.80. The molecule has 0 atom stereocenters. The van der Waals surface area contributed by atoms with Crippen LogP contribution in [0.2, 0.25) is 0 Å². The predicted octanol–water partition coefficient (Wildman–Crippen LogP) is 4.16. The number of para-hydroxylation sites is 1. The first-order chi connectivity index (χ1) is 13.5. The molecule has 8 heteroatoms. The smallest absolute Gasteiger partial charge is 0.316 e. The van der Waals surface area contributed by atoms with Crippen molar-refractivity contribution in [2.45, 2.75) is 17.7 Å². The maximum atomic E-state index is 12.1. The van der Waals surface area contributed by atoms with E-state index < -0.39 is 5.97 Å². The van der Waals surface area contributed by atoms with Crippen molar-refractivity contribution in [3.8, 4) is 0 Å². The molecular formula is C20H18N2O4S2. The van der Waals surface area contributed by atoms with E-state index in [2.05, 4.69) is 10.3 Å². The zero-order valence-electron chi connectivity index (χ0n) is 15.1. The molecule has 0 spiro atoms. The average molecular weight is 415 g/mol. The van der Waals surface area contributed by atoms with Crippen molar-refractivity contribution < 1.29 is 19.1 Å². The van der Waals surface area contributed by atoms with E-state index >= 15 is 0 Å². The number of hydrogen-bond donors (Lipinski definition) is 1. The minimum Gasteiger partial charge on any atom is -0.457 e. The third kappa shape index (κ3) is 5.40. The second-order valence-corrected chi connectivity index (χ2v) is 8.05. The number of benzene rings is 2. The lowest BCUT2D eigenvalue weighted by atomic mass is 10.1. The van der Waals surface area contributed by atoms with Crippen LogP contribution in [0.5, 0.6) is 0 Å². The molecule has 0 fully saturated rings. The molecule has 1 heterocycles. The number of nitrogens with one attached hydrogen (secondary N) is 1. The number of ether oxygens (including phenoxy) is 1. The molecule has 3 aromatic rings. The van der Waals surface area contributed by atoms with E-state index in [1.807, 2.05) is 24.3 Å². The minimum absolute atomic E-state index is 0.0924. The zero-order valence-corrected chi connectivity index (χ0v) is 16.8. The Labute approximate surface area is 170 Å². The standard InChI is InChI=1S/C20H18N2O4S2/c1-2-18(24)21-14-9-7-13(8-10-14)16(23)11-26-19(25)12-27-20-22-15-5-3-4-6-17(15)28-20/h3-10H,2,11-12H2,1H3,(H,21,24). The Morgan fingerprint density at radius 2 is 1.86 bits per heavy atom. The Balaban J connectivity index is 1.45. The van der Waals surface area contributed by atoms with Crippen molar-refractivity contribution >= 4 is 56.7 Å². The third-order valence-corrected chi connectivity index (χ3v) is 5.92. The quantitative estimate of drug-likeness (QED) is 0.338. The van der Waals surface area contributed by atoms with Crippen molar-refractivity contribution in [2.24, 2.45) is 0 Å². The number of carbonyl (C=O) groups excluding carboxylic acids is 3. The third-order valence-electron chi connectivity index (χ3n) is 3.76. The summed E-state index contributed by atoms with van der Waals surface area (Å²) >= 11 is 2.81. The van der Waals surface area contributed by atoms with E-state index in [1.54, 1.807) is 31.2 Å². The van der Waals surface area contributed by atoms with Crippen molar-refractivity contribution in [3.05, 3.63) is 54.1 Å². The molecule has 2 aromatic carbocycles. The van der Waals surface area contributed by atoms with Crippen LogP contribution in [0, 0.1) is 0 Å². The van der Waals surface area contributed by atoms with E-state index in [9.17, 15) is 14.4 Å². The highest BCUT2D eigenvalue weighted by Crippen LogP contribution is 2.29. The number of hydrogen-bond acceptors (Lipinski definition) is 7. The lowest BCUT2D eigenvalue weighted by molar-refractivity contribution is -0.139. The van der Waals surface area contributed by atoms with Gasteiger partial charge in [-0.05, 0) is 36.4 Å². The number of esters is 1. The van der Waals surface area contributed by atoms with Gasteiger partial charge in [0.2, 0.25) is 5.91 Å². The molecule has 1 N–H and O–H groups in total. The van der Waals surface area contributed by atoms with Crippen LogP contribution in [0.3, 0.4) is 0 Å². The van der Waals surface area contributed by atoms with Crippen LogP contribution < -0.4 is 5.32 Å². The van der Waals surface area contributed by atoms with Crippen LogP contribution >= 0.6 is 23.1 Å². The summed E-state index contributed by atoms with van der Waals surface area (Å²) in [6.45, 7) is 1.44. The average Bonchev–Trinajstić information content (AvgIpc) is 3.14. The summed E-state index contributed by atoms with van der Waals surface area (Å²) in [5, 5.41) is 2.71. The number of nitrogens with zero attached hydrogens (tertiary/aromatic N) is 1. The Hall–Kier alpha value is -2.71. The summed E-state index contributed by atoms with van der Waals surface area (Å²) in [6.07, 6.45) is 0.381. The molecule has 0 bridgehead atoms. The van der Waals surface area contributed by atoms with E-state index in [0.29, 0.717) is 17.7 Å². The summed E-state index contributed by atoms with van der Waals surface area (Å²) in [7, 11) is 0. The maximum absolute atomic E-state index is 12.1. The molecule has 0 unspecified atom stereocenters. The number of rotatable bonds is 8. The Morgan fingerprint density at radius 1 is 1.11 bits per heavy atom. The van der Waals surface area contributed by atoms with E-state index in [4.69, 9.17) is 4.74 Å². The summed E-state index contributed by atoms with van der Waals surface area (Å²) in [6, 6.07) is 14.2. The van der Waals surface area contributed by atoms with Crippen LogP contribution in [0.1, 0.15) is 23.7 Å². The Kier molecular flexibility index (Phi) is 6.78. The molecule has 0 aliphatic heterocycles. The maximum Gasteiger partial charge on any atom is 0.316 e. The summed E-state index contributed by atoms with van der Waals surface area (Å²) in [4.78, 5) is 39.8. The molecule has 6 nitrogen and oxygen atoms in total. The van der Waals surface area contributed by atoms with Crippen LogP contribution in [0.4, 0.5) is 5.69 Å². The first kappa shape index (κ1) is 20.0. The Bertz CT molecular complexity index is 966. The number of thiazole rings is 1. The van der Waals surface area contributed by atoms with Gasteiger partial charge in [0.25, 0.3) is 0 Å². The molecule has 0 radical (unpaired) electrons. The Morgan fingerprint density at radius 3 is 2.57 bits per heavy atom. The van der Waals surface area contributed by atoms with Crippen molar-refractivity contribution in [1.29, 1.82) is 0 Å². The molecule has 28 heavy (non-hydrogen) atoms. The number of fused-ring (bicyclic) bond motifs is 1. The van der Waals surface area contributed by atoms with Gasteiger partial charge in [-0.3, -0.25) is 14.4 Å². The van der Waals surface area contributed by atoms with E-state index in [-0.39, 0.29) is 24.1 Å². The molecular weight excluding hydrogens is 396 g/mol. The number of aromatic nitrogens is 1. The summed E-state index contributed by atoms with van der Waals surface area (Å²) in [5.74, 6) is -0.774. The molecule has 1 aromatic heterocycles. The van der Waals surface area contributed by atoms with Crippen LogP contribution in [-0.2, 0) is 14.3 Å². The van der Waals surface area contributed by atoms with Gasteiger partial charge in [0.15, 0.2) is 16.7 Å². The molecule has 144 valence electrons. The molecule has 0 aliphatic rings. The van der Waals surface area contributed by atoms with Crippen molar-refractivity contribution in [2.75, 3.05) is 17.7 Å². The highest BCUT2D eigenvalue weighted by Gasteiger charge is 2.12. The molecule has 0 aliphatic carbocycles. The second kappa shape index (κ2) is 9.48. The zero-order chi connectivity index (χ0) is 19.9. The van der Waals surface area contributed by atoms with Gasteiger partial charge in [-0.15, -0.1) is 11.3 Å². The lowest BCUT2D eigenvalue weighted by Gasteiger charge is -2.06. The minimum atomic E-state index is -0.468. The number of Topliss-reactive ketones (excluding diaryl/α,β-unsaturated/α-hetero) is 1. The van der Waals surface area contributed by atoms with Crippen LogP contribution in [0.25, 0.3) is 10.2 Å². The van der Waals surface area contributed by atoms with Gasteiger partial charge in [0, 0.05) is 17.7 Å². The van der Waals surface area contributed by atoms with Gasteiger partial charge in [-0.2, -0.15) is 0 Å². The number of amides is 1. The monoisotopic (exact) mass is 414 g/mol. The summed E-state index contributed by atoms with van der Waals surface area (Å²) in [5.41, 5.74) is 1.94. The molecule has 0 saturated heterocycles. The molecule has 3 rings (SSSR count). The fourth-order valence-electron chi connectivity index (χ4n) is 2.29. The summed E-state index contributed by atoms with van der Waals surface area (Å²) < 4.78 is 6.91. The number of ketones is 1. The van der Waals surface area contributed by atoms with Gasteiger partial charge < -0.3 is 10.1 Å². The predicted molar refractivity (Wildman–Crippen MR) is 111 cm³/mol. The fraction of sp³-hybridized carbons (Fsp3) is 0.200. The van der Waals surface area contributed by atoms with Crippen molar-refractivity contribution in [1.82, 2.24) is 4.98 Å². The van der Waals surface area contributed by atoms with Crippen molar-refractivity contribution in [3.63, 3.8) is 0 Å². The largest absolute Gasteiger partial charge is 0.457 e. The first-order valence-electron chi connectivity index (χ1n) is 8.62. The van der Waals surface area contributed by atoms with Gasteiger partial charge in [0.1, 0.15) is 0 Å². The fourth-order valence-corrected chi connectivity index (χ4v) is 4.16. The van der Waals surface area contributed by atoms with E-state index in [0.717, 1.165) is 14.6 Å². The van der Waals surface area contributed by atoms with Gasteiger partial charge in [-0.1, -0.05) is 30.8 Å². The number of thioether (sulfide) groups is 1. The number of anilines is 1.